The molecule has 3 aromatic carbocycles. The van der Waals surface area contributed by atoms with Gasteiger partial charge >= 0.3 is 12.1 Å². The van der Waals surface area contributed by atoms with Crippen LogP contribution in [0.1, 0.15) is 31.1 Å². The lowest BCUT2D eigenvalue weighted by Gasteiger charge is -2.36. The molecule has 0 aliphatic carbocycles. The van der Waals surface area contributed by atoms with Gasteiger partial charge in [0.05, 0.1) is 18.9 Å². The van der Waals surface area contributed by atoms with Gasteiger partial charge in [-0.2, -0.15) is 5.10 Å². The summed E-state index contributed by atoms with van der Waals surface area (Å²) in [7, 11) is 1.39. The summed E-state index contributed by atoms with van der Waals surface area (Å²) in [5.74, 6) is -0.366. The maximum absolute atomic E-state index is 12.4. The summed E-state index contributed by atoms with van der Waals surface area (Å²) < 4.78 is 12.3. The second-order valence-corrected chi connectivity index (χ2v) is 11.4. The Kier molecular flexibility index (Phi) is 7.02. The summed E-state index contributed by atoms with van der Waals surface area (Å²) in [5.41, 5.74) is 5.69. The number of nitrogens with zero attached hydrogens (tertiary/aromatic N) is 5. The Bertz CT molecular complexity index is 1780. The Labute approximate surface area is 244 Å². The molecule has 1 saturated heterocycles. The van der Waals surface area contributed by atoms with Crippen LogP contribution in [0.5, 0.6) is 0 Å². The molecule has 3 heterocycles. The van der Waals surface area contributed by atoms with Crippen LogP contribution in [0.3, 0.4) is 0 Å². The first kappa shape index (κ1) is 27.3. The standard InChI is InChI=1S/C33H33N5O4/c1-33(2,3)42-32(40)37-17-15-36(16-18-37)24-13-11-22(12-14-24)23-19-34-30-29(20-35-38(30)21-23)27-9-5-8-26-25(27)7-6-10-28(26)31(39)41-4/h5-14,19-21H,15-18H2,1-4H3. The number of rotatable bonds is 4. The van der Waals surface area contributed by atoms with E-state index < -0.39 is 5.60 Å². The maximum Gasteiger partial charge on any atom is 0.410 e. The first-order valence-corrected chi connectivity index (χ1v) is 14.0. The van der Waals surface area contributed by atoms with Gasteiger partial charge in [0.15, 0.2) is 5.65 Å². The molecular weight excluding hydrogens is 530 g/mol. The van der Waals surface area contributed by atoms with Crippen molar-refractivity contribution >= 4 is 34.2 Å². The highest BCUT2D eigenvalue weighted by Crippen LogP contribution is 2.33. The second-order valence-electron chi connectivity index (χ2n) is 11.4. The fraction of sp³-hybridized carbons (Fsp3) is 0.273. The van der Waals surface area contributed by atoms with Gasteiger partial charge in [0.1, 0.15) is 5.60 Å². The minimum atomic E-state index is -0.495. The van der Waals surface area contributed by atoms with Crippen molar-refractivity contribution in [2.24, 2.45) is 0 Å². The van der Waals surface area contributed by atoms with E-state index in [-0.39, 0.29) is 12.1 Å². The Hall–Kier alpha value is -4.92. The molecule has 9 heteroatoms. The zero-order valence-electron chi connectivity index (χ0n) is 24.2. The lowest BCUT2D eigenvalue weighted by molar-refractivity contribution is 0.0240. The molecule has 0 N–H and O–H groups in total. The minimum absolute atomic E-state index is 0.256. The summed E-state index contributed by atoms with van der Waals surface area (Å²) in [6, 6.07) is 19.9. The Morgan fingerprint density at radius 2 is 1.52 bits per heavy atom. The van der Waals surface area contributed by atoms with Crippen molar-refractivity contribution in [3.05, 3.63) is 84.8 Å². The third-order valence-corrected chi connectivity index (χ3v) is 7.47. The Balaban J connectivity index is 1.21. The fourth-order valence-corrected chi connectivity index (χ4v) is 5.38. The highest BCUT2D eigenvalue weighted by molar-refractivity contribution is 6.09. The van der Waals surface area contributed by atoms with Crippen LogP contribution in [0.15, 0.2) is 79.3 Å². The van der Waals surface area contributed by atoms with E-state index in [1.165, 1.54) is 7.11 Å². The highest BCUT2D eigenvalue weighted by Gasteiger charge is 2.26. The molecule has 1 aliphatic rings. The molecule has 0 unspecified atom stereocenters. The lowest BCUT2D eigenvalue weighted by atomic mass is 9.97. The van der Waals surface area contributed by atoms with Gasteiger partial charge in [0.2, 0.25) is 0 Å². The van der Waals surface area contributed by atoms with Crippen molar-refractivity contribution in [2.45, 2.75) is 26.4 Å². The van der Waals surface area contributed by atoms with Crippen LogP contribution in [-0.4, -0.2) is 70.5 Å². The normalized spacial score (nSPS) is 13.9. The van der Waals surface area contributed by atoms with Gasteiger partial charge < -0.3 is 19.3 Å². The number of methoxy groups -OCH3 is 1. The van der Waals surface area contributed by atoms with E-state index >= 15 is 0 Å². The number of carbonyl (C=O) groups excluding carboxylic acids is 2. The van der Waals surface area contributed by atoms with Crippen LogP contribution in [0, 0.1) is 0 Å². The Morgan fingerprint density at radius 3 is 2.24 bits per heavy atom. The fourth-order valence-electron chi connectivity index (χ4n) is 5.38. The summed E-state index contributed by atoms with van der Waals surface area (Å²) in [6.07, 6.45) is 5.39. The van der Waals surface area contributed by atoms with Crippen molar-refractivity contribution < 1.29 is 19.1 Å². The quantitative estimate of drug-likeness (QED) is 0.246. The van der Waals surface area contributed by atoms with Gasteiger partial charge in [-0.05, 0) is 60.9 Å². The van der Waals surface area contributed by atoms with Gasteiger partial charge in [-0.15, -0.1) is 0 Å². The van der Waals surface area contributed by atoms with E-state index in [1.54, 1.807) is 15.5 Å². The van der Waals surface area contributed by atoms with E-state index in [2.05, 4.69) is 34.3 Å². The van der Waals surface area contributed by atoms with E-state index in [0.29, 0.717) is 18.7 Å². The zero-order valence-corrected chi connectivity index (χ0v) is 24.2. The summed E-state index contributed by atoms with van der Waals surface area (Å²) in [4.78, 5) is 33.6. The van der Waals surface area contributed by atoms with E-state index in [1.807, 2.05) is 69.7 Å². The van der Waals surface area contributed by atoms with Crippen LogP contribution in [0.4, 0.5) is 10.5 Å². The first-order chi connectivity index (χ1) is 20.2. The number of piperazine rings is 1. The van der Waals surface area contributed by atoms with Gasteiger partial charge in [-0.25, -0.2) is 19.1 Å². The van der Waals surface area contributed by atoms with Crippen LogP contribution in [0.25, 0.3) is 38.7 Å². The first-order valence-electron chi connectivity index (χ1n) is 14.0. The number of carbonyl (C=O) groups is 2. The molecule has 6 rings (SSSR count). The van der Waals surface area contributed by atoms with Crippen molar-refractivity contribution in [3.63, 3.8) is 0 Å². The predicted octanol–water partition coefficient (Wildman–Crippen LogP) is 6.06. The second kappa shape index (κ2) is 10.8. The summed E-state index contributed by atoms with van der Waals surface area (Å²) >= 11 is 0. The number of anilines is 1. The molecule has 214 valence electrons. The number of fused-ring (bicyclic) bond motifs is 2. The molecule has 9 nitrogen and oxygen atoms in total. The number of hydrogen-bond donors (Lipinski definition) is 0. The molecule has 2 aromatic heterocycles. The van der Waals surface area contributed by atoms with E-state index in [9.17, 15) is 9.59 Å². The minimum Gasteiger partial charge on any atom is -0.465 e. The molecule has 1 fully saturated rings. The van der Waals surface area contributed by atoms with Crippen LogP contribution in [-0.2, 0) is 9.47 Å². The number of ether oxygens (including phenoxy) is 2. The number of esters is 1. The maximum atomic E-state index is 12.4. The largest absolute Gasteiger partial charge is 0.465 e. The van der Waals surface area contributed by atoms with Crippen molar-refractivity contribution in [1.82, 2.24) is 19.5 Å². The molecule has 0 bridgehead atoms. The SMILES string of the molecule is COC(=O)c1cccc2c(-c3cnn4cc(-c5ccc(N6CCN(C(=O)OC(C)(C)C)CC6)cc5)cnc34)cccc12. The average Bonchev–Trinajstić information content (AvgIpc) is 3.42. The van der Waals surface area contributed by atoms with Gasteiger partial charge in [0.25, 0.3) is 0 Å². The summed E-state index contributed by atoms with van der Waals surface area (Å²) in [5, 5.41) is 6.37. The number of hydrogen-bond acceptors (Lipinski definition) is 7. The average molecular weight is 564 g/mol. The molecule has 0 saturated carbocycles. The van der Waals surface area contributed by atoms with Crippen molar-refractivity contribution in [3.8, 4) is 22.3 Å². The number of benzene rings is 3. The van der Waals surface area contributed by atoms with Gasteiger partial charge in [-0.3, -0.25) is 0 Å². The van der Waals surface area contributed by atoms with E-state index in [4.69, 9.17) is 14.5 Å². The lowest BCUT2D eigenvalue weighted by Crippen LogP contribution is -2.50. The molecule has 42 heavy (non-hydrogen) atoms. The molecule has 5 aromatic rings. The topological polar surface area (TPSA) is 89.3 Å². The molecule has 0 atom stereocenters. The zero-order chi connectivity index (χ0) is 29.4. The van der Waals surface area contributed by atoms with Crippen LogP contribution < -0.4 is 4.90 Å². The van der Waals surface area contributed by atoms with Crippen molar-refractivity contribution in [1.29, 1.82) is 0 Å². The van der Waals surface area contributed by atoms with Crippen LogP contribution >= 0.6 is 0 Å². The third kappa shape index (κ3) is 5.25. The molecule has 0 radical (unpaired) electrons. The molecule has 0 spiro atoms. The molecular formula is C33H33N5O4. The highest BCUT2D eigenvalue weighted by atomic mass is 16.6. The van der Waals surface area contributed by atoms with E-state index in [0.717, 1.165) is 57.5 Å². The monoisotopic (exact) mass is 563 g/mol. The molecule has 1 amide bonds. The third-order valence-electron chi connectivity index (χ3n) is 7.47. The van der Waals surface area contributed by atoms with Gasteiger partial charge in [-0.1, -0.05) is 42.5 Å². The van der Waals surface area contributed by atoms with Crippen LogP contribution in [0.2, 0.25) is 0 Å². The Morgan fingerprint density at radius 1 is 0.810 bits per heavy atom. The smallest absolute Gasteiger partial charge is 0.410 e. The van der Waals surface area contributed by atoms with Gasteiger partial charge in [0, 0.05) is 55.4 Å². The number of amides is 1. The predicted molar refractivity (Wildman–Crippen MR) is 163 cm³/mol. The number of aromatic nitrogens is 3. The molecule has 1 aliphatic heterocycles. The van der Waals surface area contributed by atoms with Crippen molar-refractivity contribution in [2.75, 3.05) is 38.2 Å². The summed E-state index contributed by atoms with van der Waals surface area (Å²) in [6.45, 7) is 8.40.